The Bertz CT molecular complexity index is 256. The molecule has 0 fully saturated rings. The molecule has 13 heavy (non-hydrogen) atoms. The first-order valence-corrected chi connectivity index (χ1v) is 4.82. The molecule has 0 saturated carbocycles. The first-order valence-electron chi connectivity index (χ1n) is 4.82. The van der Waals surface area contributed by atoms with E-state index < -0.39 is 0 Å². The molecule has 0 unspecified atom stereocenters. The van der Waals surface area contributed by atoms with E-state index in [2.05, 4.69) is 30.1 Å². The summed E-state index contributed by atoms with van der Waals surface area (Å²) in [6, 6.07) is 0. The van der Waals surface area contributed by atoms with E-state index in [1.807, 2.05) is 25.3 Å². The van der Waals surface area contributed by atoms with E-state index in [0.717, 1.165) is 13.0 Å². The van der Waals surface area contributed by atoms with Crippen LogP contribution < -0.4 is 0 Å². The highest BCUT2D eigenvalue weighted by atomic mass is 14.7. The molecule has 70 valence electrons. The van der Waals surface area contributed by atoms with Crippen LogP contribution in [0, 0.1) is 5.92 Å². The third-order valence-corrected chi connectivity index (χ3v) is 2.03. The van der Waals surface area contributed by atoms with Crippen LogP contribution in [0.5, 0.6) is 0 Å². The van der Waals surface area contributed by atoms with E-state index in [0.29, 0.717) is 5.92 Å². The summed E-state index contributed by atoms with van der Waals surface area (Å²) in [6.07, 6.45) is 13.8. The summed E-state index contributed by atoms with van der Waals surface area (Å²) < 4.78 is 0. The lowest BCUT2D eigenvalue weighted by Gasteiger charge is -2.07. The van der Waals surface area contributed by atoms with Crippen LogP contribution in [0.15, 0.2) is 40.9 Å². The maximum absolute atomic E-state index is 4.28. The second-order valence-corrected chi connectivity index (χ2v) is 3.34. The Labute approximate surface area is 80.6 Å². The fourth-order valence-electron chi connectivity index (χ4n) is 1.16. The van der Waals surface area contributed by atoms with Crippen molar-refractivity contribution in [1.29, 1.82) is 0 Å². The average molecular weight is 175 g/mol. The third kappa shape index (κ3) is 3.88. The minimum absolute atomic E-state index is 0.688. The second kappa shape index (κ2) is 5.52. The molecule has 0 bridgehead atoms. The van der Waals surface area contributed by atoms with Gasteiger partial charge in [-0.2, -0.15) is 0 Å². The molecule has 0 heterocycles. The van der Waals surface area contributed by atoms with Crippen LogP contribution in [0.25, 0.3) is 0 Å². The SMILES string of the molecule is C/C=C/CN=CC1=CC[C@H](C)C=C1. The monoisotopic (exact) mass is 175 g/mol. The third-order valence-electron chi connectivity index (χ3n) is 2.03. The normalized spacial score (nSPS) is 22.9. The molecule has 0 N–H and O–H groups in total. The maximum atomic E-state index is 4.28. The quantitative estimate of drug-likeness (QED) is 0.461. The predicted octanol–water partition coefficient (Wildman–Crippen LogP) is 3.16. The van der Waals surface area contributed by atoms with E-state index >= 15 is 0 Å². The minimum atomic E-state index is 0.688. The van der Waals surface area contributed by atoms with Gasteiger partial charge in [0.2, 0.25) is 0 Å². The zero-order valence-electron chi connectivity index (χ0n) is 8.40. The van der Waals surface area contributed by atoms with Gasteiger partial charge in [-0.05, 0) is 24.8 Å². The van der Waals surface area contributed by atoms with Gasteiger partial charge in [-0.1, -0.05) is 37.3 Å². The zero-order valence-corrected chi connectivity index (χ0v) is 8.40. The summed E-state index contributed by atoms with van der Waals surface area (Å²) in [5.41, 5.74) is 1.24. The van der Waals surface area contributed by atoms with Gasteiger partial charge in [0.1, 0.15) is 0 Å². The first-order chi connectivity index (χ1) is 6.33. The van der Waals surface area contributed by atoms with Crippen LogP contribution in [0.4, 0.5) is 0 Å². The van der Waals surface area contributed by atoms with E-state index in [1.54, 1.807) is 0 Å². The van der Waals surface area contributed by atoms with Gasteiger partial charge in [0.05, 0.1) is 6.54 Å². The van der Waals surface area contributed by atoms with Crippen LogP contribution in [0.1, 0.15) is 20.3 Å². The van der Waals surface area contributed by atoms with Crippen molar-refractivity contribution in [2.24, 2.45) is 10.9 Å². The molecule has 1 aliphatic carbocycles. The molecule has 0 aromatic rings. The van der Waals surface area contributed by atoms with Crippen molar-refractivity contribution < 1.29 is 0 Å². The Morgan fingerprint density at radius 3 is 3.08 bits per heavy atom. The fraction of sp³-hybridized carbons (Fsp3) is 0.417. The summed E-state index contributed by atoms with van der Waals surface area (Å²) in [5, 5.41) is 0. The van der Waals surface area contributed by atoms with Crippen molar-refractivity contribution in [3.63, 3.8) is 0 Å². The van der Waals surface area contributed by atoms with Gasteiger partial charge >= 0.3 is 0 Å². The Morgan fingerprint density at radius 1 is 1.62 bits per heavy atom. The number of rotatable bonds is 3. The molecule has 0 aromatic carbocycles. The van der Waals surface area contributed by atoms with Crippen LogP contribution in [-0.4, -0.2) is 12.8 Å². The lowest BCUT2D eigenvalue weighted by atomic mass is 9.99. The molecule has 1 atom stereocenters. The number of nitrogens with zero attached hydrogens (tertiary/aromatic N) is 1. The van der Waals surface area contributed by atoms with Crippen molar-refractivity contribution in [3.05, 3.63) is 36.0 Å². The molecule has 1 aliphatic rings. The van der Waals surface area contributed by atoms with E-state index in [1.165, 1.54) is 5.57 Å². The molecule has 0 aromatic heterocycles. The van der Waals surface area contributed by atoms with Crippen LogP contribution in [0.3, 0.4) is 0 Å². The van der Waals surface area contributed by atoms with Crippen molar-refractivity contribution in [3.8, 4) is 0 Å². The van der Waals surface area contributed by atoms with Gasteiger partial charge in [-0.25, -0.2) is 0 Å². The van der Waals surface area contributed by atoms with Gasteiger partial charge in [0.25, 0.3) is 0 Å². The summed E-state index contributed by atoms with van der Waals surface area (Å²) in [4.78, 5) is 4.28. The average Bonchev–Trinajstić information content (AvgIpc) is 2.15. The van der Waals surface area contributed by atoms with E-state index in [-0.39, 0.29) is 0 Å². The summed E-state index contributed by atoms with van der Waals surface area (Å²) in [6.45, 7) is 5.02. The Morgan fingerprint density at radius 2 is 2.46 bits per heavy atom. The molecule has 1 rings (SSSR count). The molecule has 0 aliphatic heterocycles. The summed E-state index contributed by atoms with van der Waals surface area (Å²) >= 11 is 0. The minimum Gasteiger partial charge on any atom is -0.288 e. The Kier molecular flexibility index (Phi) is 4.24. The highest BCUT2D eigenvalue weighted by Gasteiger charge is 2.00. The number of hydrogen-bond donors (Lipinski definition) is 0. The highest BCUT2D eigenvalue weighted by Crippen LogP contribution is 2.13. The van der Waals surface area contributed by atoms with Crippen LogP contribution >= 0.6 is 0 Å². The maximum Gasteiger partial charge on any atom is 0.0570 e. The molecule has 1 nitrogen and oxygen atoms in total. The molecule has 1 heteroatoms. The lowest BCUT2D eigenvalue weighted by molar-refractivity contribution is 0.734. The van der Waals surface area contributed by atoms with Gasteiger partial charge < -0.3 is 0 Å². The molecule has 0 amide bonds. The van der Waals surface area contributed by atoms with E-state index in [9.17, 15) is 0 Å². The predicted molar refractivity (Wildman–Crippen MR) is 59.2 cm³/mol. The zero-order chi connectivity index (χ0) is 9.52. The van der Waals surface area contributed by atoms with Gasteiger partial charge in [-0.15, -0.1) is 0 Å². The largest absolute Gasteiger partial charge is 0.288 e. The smallest absolute Gasteiger partial charge is 0.0570 e. The van der Waals surface area contributed by atoms with Crippen molar-refractivity contribution in [2.45, 2.75) is 20.3 Å². The van der Waals surface area contributed by atoms with Crippen molar-refractivity contribution in [1.82, 2.24) is 0 Å². The van der Waals surface area contributed by atoms with Gasteiger partial charge in [0, 0.05) is 6.21 Å². The number of allylic oxidation sites excluding steroid dienone is 5. The van der Waals surface area contributed by atoms with Crippen LogP contribution in [0.2, 0.25) is 0 Å². The lowest BCUT2D eigenvalue weighted by Crippen LogP contribution is -1.95. The topological polar surface area (TPSA) is 12.4 Å². The highest BCUT2D eigenvalue weighted by molar-refractivity contribution is 5.82. The Balaban J connectivity index is 2.38. The summed E-state index contributed by atoms with van der Waals surface area (Å²) in [5.74, 6) is 0.688. The molecule has 0 radical (unpaired) electrons. The van der Waals surface area contributed by atoms with Gasteiger partial charge in [0.15, 0.2) is 0 Å². The molecular weight excluding hydrogens is 158 g/mol. The van der Waals surface area contributed by atoms with Gasteiger partial charge in [-0.3, -0.25) is 4.99 Å². The second-order valence-electron chi connectivity index (χ2n) is 3.34. The number of aliphatic imine (C=N–C) groups is 1. The van der Waals surface area contributed by atoms with Crippen molar-refractivity contribution in [2.75, 3.05) is 6.54 Å². The van der Waals surface area contributed by atoms with Crippen molar-refractivity contribution >= 4 is 6.21 Å². The first kappa shape index (κ1) is 9.97. The fourth-order valence-corrected chi connectivity index (χ4v) is 1.16. The Hall–Kier alpha value is -1.11. The molecule has 0 saturated heterocycles. The molecule has 0 spiro atoms. The standard InChI is InChI=1S/C12H17N/c1-3-4-9-13-10-12-7-5-11(2)6-8-12/h3-5,7-8,10-11H,6,9H2,1-2H3/b4-3+,13-10?/t11-/m1/s1. The number of hydrogen-bond acceptors (Lipinski definition) is 1. The molecular formula is C12H17N. The van der Waals surface area contributed by atoms with E-state index in [4.69, 9.17) is 0 Å². The summed E-state index contributed by atoms with van der Waals surface area (Å²) in [7, 11) is 0. The van der Waals surface area contributed by atoms with Crippen LogP contribution in [-0.2, 0) is 0 Å².